The van der Waals surface area contributed by atoms with Gasteiger partial charge in [-0.1, -0.05) is 12.1 Å². The normalized spacial score (nSPS) is 21.6. The molecule has 1 fully saturated rings. The molecule has 0 bridgehead atoms. The lowest BCUT2D eigenvalue weighted by atomic mass is 10.1. The topological polar surface area (TPSA) is 91.7 Å². The zero-order valence-electron chi connectivity index (χ0n) is 13.9. The van der Waals surface area contributed by atoms with Crippen molar-refractivity contribution >= 4 is 10.0 Å². The molecular weight excluding hydrogens is 330 g/mol. The summed E-state index contributed by atoms with van der Waals surface area (Å²) in [6, 6.07) is 7.70. The van der Waals surface area contributed by atoms with Gasteiger partial charge in [-0.15, -0.1) is 0 Å². The van der Waals surface area contributed by atoms with Crippen molar-refractivity contribution in [2.24, 2.45) is 0 Å². The molecule has 1 aliphatic heterocycles. The zero-order chi connectivity index (χ0) is 17.6. The average Bonchev–Trinajstić information content (AvgIpc) is 2.56. The van der Waals surface area contributed by atoms with Gasteiger partial charge in [0.15, 0.2) is 0 Å². The van der Waals surface area contributed by atoms with Gasteiger partial charge in [-0.3, -0.25) is 0 Å². The van der Waals surface area contributed by atoms with Crippen molar-refractivity contribution in [3.05, 3.63) is 29.8 Å². The molecule has 1 saturated heterocycles. The minimum atomic E-state index is -3.80. The fraction of sp³-hybridized carbons (Fsp3) is 0.562. The molecule has 1 aromatic carbocycles. The zero-order valence-corrected chi connectivity index (χ0v) is 14.8. The standard InChI is InChI=1S/C16H23N3O4S/c1-19(2)8-10-23-15-12-22-9-7-14(15)18-24(20,21)16-6-4-3-5-13(16)11-17/h3-6,14-15,18H,7-10,12H2,1-2H3/t14-,15-/m1/s1. The molecule has 1 N–H and O–H groups in total. The Labute approximate surface area is 143 Å². The molecule has 1 heterocycles. The van der Waals surface area contributed by atoms with Crippen molar-refractivity contribution in [1.82, 2.24) is 9.62 Å². The number of hydrogen-bond acceptors (Lipinski definition) is 6. The monoisotopic (exact) mass is 353 g/mol. The summed E-state index contributed by atoms with van der Waals surface area (Å²) < 4.78 is 39.2. The first kappa shape index (κ1) is 18.8. The van der Waals surface area contributed by atoms with E-state index in [1.807, 2.05) is 25.1 Å². The highest BCUT2D eigenvalue weighted by atomic mass is 32.2. The smallest absolute Gasteiger partial charge is 0.242 e. The Balaban J connectivity index is 2.09. The second-order valence-electron chi connectivity index (χ2n) is 5.91. The predicted molar refractivity (Wildman–Crippen MR) is 89.0 cm³/mol. The highest BCUT2D eigenvalue weighted by Crippen LogP contribution is 2.18. The number of nitrogens with one attached hydrogen (secondary N) is 1. The molecule has 2 atom stereocenters. The highest BCUT2D eigenvalue weighted by molar-refractivity contribution is 7.89. The summed E-state index contributed by atoms with van der Waals surface area (Å²) in [5.74, 6) is 0. The Bertz CT molecular complexity index is 685. The van der Waals surface area contributed by atoms with E-state index < -0.39 is 10.0 Å². The van der Waals surface area contributed by atoms with Gasteiger partial charge in [0.05, 0.1) is 35.8 Å². The Hall–Kier alpha value is -1.50. The molecule has 0 radical (unpaired) electrons. The van der Waals surface area contributed by atoms with E-state index in [0.29, 0.717) is 26.2 Å². The first-order valence-electron chi connectivity index (χ1n) is 7.79. The number of ether oxygens (including phenoxy) is 2. The number of hydrogen-bond donors (Lipinski definition) is 1. The number of sulfonamides is 1. The van der Waals surface area contributed by atoms with Gasteiger partial charge >= 0.3 is 0 Å². The third kappa shape index (κ3) is 5.00. The summed E-state index contributed by atoms with van der Waals surface area (Å²) in [6.07, 6.45) is 0.184. The second kappa shape index (κ2) is 8.55. The summed E-state index contributed by atoms with van der Waals surface area (Å²) in [5, 5.41) is 9.12. The Morgan fingerprint density at radius 2 is 2.17 bits per heavy atom. The van der Waals surface area contributed by atoms with E-state index in [1.165, 1.54) is 12.1 Å². The first-order chi connectivity index (χ1) is 11.4. The quantitative estimate of drug-likeness (QED) is 0.771. The predicted octanol–water partition coefficient (Wildman–Crippen LogP) is 0.572. The number of benzene rings is 1. The van der Waals surface area contributed by atoms with Crippen LogP contribution in [0.4, 0.5) is 0 Å². The van der Waals surface area contributed by atoms with Crippen molar-refractivity contribution in [2.75, 3.05) is 40.5 Å². The van der Waals surface area contributed by atoms with Crippen molar-refractivity contribution in [1.29, 1.82) is 5.26 Å². The van der Waals surface area contributed by atoms with Crippen LogP contribution in [-0.4, -0.2) is 65.9 Å². The minimum absolute atomic E-state index is 0.00830. The van der Waals surface area contributed by atoms with Gasteiger partial charge in [0.25, 0.3) is 0 Å². The van der Waals surface area contributed by atoms with Crippen molar-refractivity contribution in [3.8, 4) is 6.07 Å². The molecule has 0 aromatic heterocycles. The summed E-state index contributed by atoms with van der Waals surface area (Å²) in [4.78, 5) is 1.98. The van der Waals surface area contributed by atoms with Gasteiger partial charge in [-0.05, 0) is 32.6 Å². The first-order valence-corrected chi connectivity index (χ1v) is 9.28. The van der Waals surface area contributed by atoms with Crippen LogP contribution in [0.1, 0.15) is 12.0 Å². The lowest BCUT2D eigenvalue weighted by Gasteiger charge is -2.32. The largest absolute Gasteiger partial charge is 0.379 e. The van der Waals surface area contributed by atoms with Crippen LogP contribution in [0.2, 0.25) is 0 Å². The third-order valence-corrected chi connectivity index (χ3v) is 5.33. The molecule has 1 aliphatic rings. The van der Waals surface area contributed by atoms with Crippen LogP contribution in [0, 0.1) is 11.3 Å². The van der Waals surface area contributed by atoms with Crippen molar-refractivity contribution in [2.45, 2.75) is 23.5 Å². The van der Waals surface area contributed by atoms with E-state index in [2.05, 4.69) is 4.72 Å². The molecule has 24 heavy (non-hydrogen) atoms. The second-order valence-corrected chi connectivity index (χ2v) is 7.59. The minimum Gasteiger partial charge on any atom is -0.379 e. The van der Waals surface area contributed by atoms with E-state index in [9.17, 15) is 8.42 Å². The molecule has 0 amide bonds. The molecule has 7 nitrogen and oxygen atoms in total. The Morgan fingerprint density at radius 1 is 1.42 bits per heavy atom. The Kier molecular flexibility index (Phi) is 6.71. The van der Waals surface area contributed by atoms with E-state index in [-0.39, 0.29) is 22.6 Å². The number of likely N-dealkylation sites (N-methyl/N-ethyl adjacent to an activating group) is 1. The highest BCUT2D eigenvalue weighted by Gasteiger charge is 2.31. The van der Waals surface area contributed by atoms with Crippen molar-refractivity contribution in [3.63, 3.8) is 0 Å². The fourth-order valence-corrected chi connectivity index (χ4v) is 3.91. The third-order valence-electron chi connectivity index (χ3n) is 3.78. The average molecular weight is 353 g/mol. The molecule has 1 aromatic rings. The van der Waals surface area contributed by atoms with Gasteiger partial charge in [-0.25, -0.2) is 13.1 Å². The molecule has 0 saturated carbocycles. The SMILES string of the molecule is CN(C)CCO[C@@H]1COCC[C@H]1NS(=O)(=O)c1ccccc1C#N. The van der Waals surface area contributed by atoms with E-state index in [4.69, 9.17) is 14.7 Å². The van der Waals surface area contributed by atoms with Crippen LogP contribution in [-0.2, 0) is 19.5 Å². The molecule has 8 heteroatoms. The molecule has 0 unspecified atom stereocenters. The van der Waals surface area contributed by atoms with Gasteiger partial charge in [0.1, 0.15) is 6.07 Å². The maximum Gasteiger partial charge on any atom is 0.242 e. The van der Waals surface area contributed by atoms with Crippen LogP contribution in [0.15, 0.2) is 29.2 Å². The Morgan fingerprint density at radius 3 is 2.88 bits per heavy atom. The molecule has 0 aliphatic carbocycles. The molecular formula is C16H23N3O4S. The summed E-state index contributed by atoms with van der Waals surface area (Å²) in [7, 11) is 0.0930. The lowest BCUT2D eigenvalue weighted by molar-refractivity contribution is -0.0665. The van der Waals surface area contributed by atoms with Crippen LogP contribution in [0.25, 0.3) is 0 Å². The van der Waals surface area contributed by atoms with Crippen molar-refractivity contribution < 1.29 is 17.9 Å². The van der Waals surface area contributed by atoms with Crippen LogP contribution in [0.5, 0.6) is 0 Å². The van der Waals surface area contributed by atoms with Crippen LogP contribution in [0.3, 0.4) is 0 Å². The van der Waals surface area contributed by atoms with Gasteiger partial charge in [0, 0.05) is 13.2 Å². The number of rotatable bonds is 7. The summed E-state index contributed by atoms with van der Waals surface area (Å²) in [6.45, 7) is 2.06. The van der Waals surface area contributed by atoms with Gasteiger partial charge < -0.3 is 14.4 Å². The maximum absolute atomic E-state index is 12.6. The molecule has 132 valence electrons. The van der Waals surface area contributed by atoms with Gasteiger partial charge in [0.2, 0.25) is 10.0 Å². The number of nitriles is 1. The summed E-state index contributed by atoms with van der Waals surface area (Å²) >= 11 is 0. The summed E-state index contributed by atoms with van der Waals surface area (Å²) in [5.41, 5.74) is 0.127. The molecule has 2 rings (SSSR count). The van der Waals surface area contributed by atoms with E-state index in [1.54, 1.807) is 12.1 Å². The van der Waals surface area contributed by atoms with E-state index >= 15 is 0 Å². The van der Waals surface area contributed by atoms with E-state index in [0.717, 1.165) is 6.54 Å². The fourth-order valence-electron chi connectivity index (χ4n) is 2.45. The lowest BCUT2D eigenvalue weighted by Crippen LogP contribution is -2.50. The maximum atomic E-state index is 12.6. The van der Waals surface area contributed by atoms with Crippen LogP contribution >= 0.6 is 0 Å². The number of nitrogens with zero attached hydrogens (tertiary/aromatic N) is 2. The molecule has 0 spiro atoms. The van der Waals surface area contributed by atoms with Gasteiger partial charge in [-0.2, -0.15) is 5.26 Å². The van der Waals surface area contributed by atoms with Crippen LogP contribution < -0.4 is 4.72 Å².